The molecule has 29 heavy (non-hydrogen) atoms. The summed E-state index contributed by atoms with van der Waals surface area (Å²) >= 11 is 1.13. The molecule has 0 saturated heterocycles. The van der Waals surface area contributed by atoms with Gasteiger partial charge in [0.25, 0.3) is 5.56 Å². The minimum Gasteiger partial charge on any atom is -0.467 e. The molecule has 0 fully saturated rings. The number of para-hydroxylation sites is 1. The second-order valence-corrected chi connectivity index (χ2v) is 7.76. The summed E-state index contributed by atoms with van der Waals surface area (Å²) in [6.45, 7) is 4.68. The molecule has 0 atom stereocenters. The van der Waals surface area contributed by atoms with Crippen LogP contribution in [0.15, 0.2) is 57.0 Å². The number of thioether (sulfide) groups is 1. The molecule has 2 N–H and O–H groups in total. The first-order valence-corrected chi connectivity index (χ1v) is 10.1. The molecular formula is C20H22N4O4S. The average Bonchev–Trinajstić information content (AvgIpc) is 3.21. The maximum Gasteiger partial charge on any atom is 0.321 e. The fourth-order valence-electron chi connectivity index (χ4n) is 2.70. The number of hydrogen-bond acceptors (Lipinski definition) is 6. The van der Waals surface area contributed by atoms with Crippen molar-refractivity contribution in [2.24, 2.45) is 5.92 Å². The van der Waals surface area contributed by atoms with Gasteiger partial charge in [-0.2, -0.15) is 0 Å². The summed E-state index contributed by atoms with van der Waals surface area (Å²) in [5.74, 6) is 0.290. The number of carbonyl (C=O) groups excluding carboxylic acids is 2. The van der Waals surface area contributed by atoms with Gasteiger partial charge >= 0.3 is 6.03 Å². The zero-order chi connectivity index (χ0) is 20.8. The number of urea groups is 1. The largest absolute Gasteiger partial charge is 0.467 e. The lowest BCUT2D eigenvalue weighted by atomic mass is 10.2. The topological polar surface area (TPSA) is 106 Å². The first-order chi connectivity index (χ1) is 13.9. The molecule has 0 unspecified atom stereocenters. The van der Waals surface area contributed by atoms with E-state index in [0.717, 1.165) is 11.8 Å². The van der Waals surface area contributed by atoms with E-state index >= 15 is 0 Å². The van der Waals surface area contributed by atoms with Crippen molar-refractivity contribution in [3.8, 4) is 0 Å². The third-order valence-corrected chi connectivity index (χ3v) is 4.94. The lowest BCUT2D eigenvalue weighted by Crippen LogP contribution is -2.40. The lowest BCUT2D eigenvalue weighted by molar-refractivity contribution is -0.117. The quantitative estimate of drug-likeness (QED) is 0.455. The Morgan fingerprint density at radius 2 is 2.00 bits per heavy atom. The van der Waals surface area contributed by atoms with E-state index in [0.29, 0.717) is 28.4 Å². The molecule has 0 radical (unpaired) electrons. The third-order valence-electron chi connectivity index (χ3n) is 3.96. The Morgan fingerprint density at radius 3 is 2.72 bits per heavy atom. The minimum absolute atomic E-state index is 0.0446. The zero-order valence-electron chi connectivity index (χ0n) is 16.2. The lowest BCUT2D eigenvalue weighted by Gasteiger charge is -2.14. The van der Waals surface area contributed by atoms with Gasteiger partial charge in [0.1, 0.15) is 5.76 Å². The first-order valence-electron chi connectivity index (χ1n) is 9.16. The van der Waals surface area contributed by atoms with E-state index in [2.05, 4.69) is 15.6 Å². The van der Waals surface area contributed by atoms with Crippen molar-refractivity contribution in [1.82, 2.24) is 20.2 Å². The van der Waals surface area contributed by atoms with Gasteiger partial charge in [0.15, 0.2) is 5.16 Å². The summed E-state index contributed by atoms with van der Waals surface area (Å²) in [4.78, 5) is 41.4. The standard InChI is InChI=1S/C20H22N4O4S/c1-13(2)11-24-18(26)15-7-3-4-8-16(15)22-20(24)29-12-17(25)23-19(27)21-10-14-6-5-9-28-14/h3-9,13H,10-12H2,1-2H3,(H2,21,23,25,27). The summed E-state index contributed by atoms with van der Waals surface area (Å²) in [7, 11) is 0. The fourth-order valence-corrected chi connectivity index (χ4v) is 3.51. The van der Waals surface area contributed by atoms with Crippen molar-refractivity contribution in [3.05, 3.63) is 58.8 Å². The van der Waals surface area contributed by atoms with Crippen LogP contribution in [0, 0.1) is 5.92 Å². The molecule has 8 nitrogen and oxygen atoms in total. The molecule has 2 heterocycles. The van der Waals surface area contributed by atoms with Crippen LogP contribution in [0.2, 0.25) is 0 Å². The minimum atomic E-state index is -0.613. The molecule has 0 aliphatic rings. The highest BCUT2D eigenvalue weighted by Crippen LogP contribution is 2.18. The van der Waals surface area contributed by atoms with Crippen molar-refractivity contribution < 1.29 is 14.0 Å². The smallest absolute Gasteiger partial charge is 0.321 e. The van der Waals surface area contributed by atoms with E-state index in [1.54, 1.807) is 34.9 Å². The van der Waals surface area contributed by atoms with Crippen LogP contribution < -0.4 is 16.2 Å². The van der Waals surface area contributed by atoms with E-state index in [-0.39, 0.29) is 23.8 Å². The number of fused-ring (bicyclic) bond motifs is 1. The van der Waals surface area contributed by atoms with Crippen LogP contribution >= 0.6 is 11.8 Å². The van der Waals surface area contributed by atoms with Gasteiger partial charge < -0.3 is 9.73 Å². The Kier molecular flexibility index (Phi) is 6.71. The van der Waals surface area contributed by atoms with Gasteiger partial charge in [0.05, 0.1) is 29.5 Å². The molecule has 0 saturated carbocycles. The number of furan rings is 1. The van der Waals surface area contributed by atoms with Gasteiger partial charge in [-0.25, -0.2) is 9.78 Å². The molecule has 0 spiro atoms. The SMILES string of the molecule is CC(C)Cn1c(SCC(=O)NC(=O)NCc2ccco2)nc2ccccc2c1=O. The number of aromatic nitrogens is 2. The van der Waals surface area contributed by atoms with E-state index in [4.69, 9.17) is 4.42 Å². The van der Waals surface area contributed by atoms with Crippen LogP contribution in [0.3, 0.4) is 0 Å². The zero-order valence-corrected chi connectivity index (χ0v) is 17.0. The van der Waals surface area contributed by atoms with Gasteiger partial charge in [-0.1, -0.05) is 37.7 Å². The van der Waals surface area contributed by atoms with Crippen molar-refractivity contribution in [3.63, 3.8) is 0 Å². The number of carbonyl (C=O) groups is 2. The maximum absolute atomic E-state index is 12.8. The summed E-state index contributed by atoms with van der Waals surface area (Å²) < 4.78 is 6.70. The molecule has 1 aromatic carbocycles. The molecule has 9 heteroatoms. The monoisotopic (exact) mass is 414 g/mol. The highest BCUT2D eigenvalue weighted by atomic mass is 32.2. The van der Waals surface area contributed by atoms with Crippen LogP contribution in [-0.2, 0) is 17.9 Å². The number of nitrogens with one attached hydrogen (secondary N) is 2. The van der Waals surface area contributed by atoms with E-state index in [1.807, 2.05) is 19.9 Å². The number of hydrogen-bond donors (Lipinski definition) is 2. The van der Waals surface area contributed by atoms with E-state index in [1.165, 1.54) is 6.26 Å². The molecule has 0 aliphatic carbocycles. The predicted molar refractivity (Wildman–Crippen MR) is 111 cm³/mol. The second kappa shape index (κ2) is 9.42. The highest BCUT2D eigenvalue weighted by molar-refractivity contribution is 7.99. The summed E-state index contributed by atoms with van der Waals surface area (Å²) in [5.41, 5.74) is 0.444. The normalized spacial score (nSPS) is 11.0. The second-order valence-electron chi connectivity index (χ2n) is 6.82. The van der Waals surface area contributed by atoms with Gasteiger partial charge in [-0.05, 0) is 30.2 Å². The highest BCUT2D eigenvalue weighted by Gasteiger charge is 2.15. The molecule has 3 amide bonds. The molecular weight excluding hydrogens is 392 g/mol. The van der Waals surface area contributed by atoms with Crippen molar-refractivity contribution >= 4 is 34.6 Å². The summed E-state index contributed by atoms with van der Waals surface area (Å²) in [5, 5.41) is 5.79. The Labute approximate surface area is 171 Å². The van der Waals surface area contributed by atoms with Crippen molar-refractivity contribution in [2.45, 2.75) is 32.1 Å². The van der Waals surface area contributed by atoms with Gasteiger partial charge in [-0.15, -0.1) is 0 Å². The first kappa shape index (κ1) is 20.7. The van der Waals surface area contributed by atoms with Crippen LogP contribution in [0.1, 0.15) is 19.6 Å². The molecule has 2 aromatic heterocycles. The van der Waals surface area contributed by atoms with Gasteiger partial charge in [0, 0.05) is 6.54 Å². The number of rotatable bonds is 7. The van der Waals surface area contributed by atoms with Crippen LogP contribution in [0.5, 0.6) is 0 Å². The average molecular weight is 414 g/mol. The fraction of sp³-hybridized carbons (Fsp3) is 0.300. The number of imide groups is 1. The van der Waals surface area contributed by atoms with Crippen molar-refractivity contribution in [1.29, 1.82) is 0 Å². The Balaban J connectivity index is 1.66. The van der Waals surface area contributed by atoms with Crippen molar-refractivity contribution in [2.75, 3.05) is 5.75 Å². The number of nitrogens with zero attached hydrogens (tertiary/aromatic N) is 2. The molecule has 3 aromatic rings. The number of benzene rings is 1. The van der Waals surface area contributed by atoms with E-state index < -0.39 is 11.9 Å². The van der Waals surface area contributed by atoms with E-state index in [9.17, 15) is 14.4 Å². The predicted octanol–water partition coefficient (Wildman–Crippen LogP) is 2.76. The number of amides is 3. The maximum atomic E-state index is 12.8. The Bertz CT molecular complexity index is 1060. The van der Waals surface area contributed by atoms with Crippen LogP contribution in [-0.4, -0.2) is 27.2 Å². The molecule has 3 rings (SSSR count). The summed E-state index contributed by atoms with van der Waals surface area (Å²) in [6, 6.07) is 9.94. The third kappa shape index (κ3) is 5.47. The molecule has 0 bridgehead atoms. The molecule has 152 valence electrons. The summed E-state index contributed by atoms with van der Waals surface area (Å²) in [6.07, 6.45) is 1.50. The van der Waals surface area contributed by atoms with Crippen LogP contribution in [0.25, 0.3) is 10.9 Å². The Morgan fingerprint density at radius 1 is 1.21 bits per heavy atom. The Hall–Kier alpha value is -3.07. The van der Waals surface area contributed by atoms with Gasteiger partial charge in [-0.3, -0.25) is 19.5 Å². The van der Waals surface area contributed by atoms with Crippen LogP contribution in [0.4, 0.5) is 4.79 Å². The molecule has 0 aliphatic heterocycles. The van der Waals surface area contributed by atoms with Gasteiger partial charge in [0.2, 0.25) is 5.91 Å².